The summed E-state index contributed by atoms with van der Waals surface area (Å²) in [6.45, 7) is 4.83. The SMILES string of the molecule is Cc1cc(-n2c(C3CCOCC3)c(C3CC(C)(C(=O)O)C3)c3cc(F)ccc32)ccc1F. The third-order valence-electron chi connectivity index (χ3n) is 7.33. The molecule has 0 radical (unpaired) electrons. The standard InChI is InChI=1S/C26H27F2NO3/c1-15-11-19(4-5-21(15)28)29-22-6-3-18(27)12-20(22)23(17-13-26(2,14-17)25(30)31)24(29)16-7-9-32-10-8-16/h3-6,11-12,16-17H,7-10,13-14H2,1-2H3,(H,30,31). The first-order chi connectivity index (χ1) is 15.3. The number of aromatic nitrogens is 1. The summed E-state index contributed by atoms with van der Waals surface area (Å²) in [7, 11) is 0. The minimum atomic E-state index is -0.787. The summed E-state index contributed by atoms with van der Waals surface area (Å²) in [5, 5.41) is 10.5. The van der Waals surface area contributed by atoms with Crippen molar-refractivity contribution in [2.75, 3.05) is 13.2 Å². The summed E-state index contributed by atoms with van der Waals surface area (Å²) in [4.78, 5) is 11.8. The number of carbonyl (C=O) groups is 1. The number of hydrogen-bond acceptors (Lipinski definition) is 2. The maximum absolute atomic E-state index is 14.4. The van der Waals surface area contributed by atoms with E-state index < -0.39 is 11.4 Å². The van der Waals surface area contributed by atoms with Gasteiger partial charge in [0.2, 0.25) is 0 Å². The molecule has 2 aliphatic rings. The molecule has 0 unspecified atom stereocenters. The fraction of sp³-hybridized carbons (Fsp3) is 0.423. The summed E-state index contributed by atoms with van der Waals surface area (Å²) in [5.41, 5.74) is 3.65. The number of aryl methyl sites for hydroxylation is 1. The molecule has 1 aliphatic carbocycles. The Morgan fingerprint density at radius 3 is 2.47 bits per heavy atom. The number of carboxylic acid groups (broad SMARTS) is 1. The number of hydrogen-bond donors (Lipinski definition) is 1. The largest absolute Gasteiger partial charge is 0.481 e. The number of fused-ring (bicyclic) bond motifs is 1. The maximum atomic E-state index is 14.4. The van der Waals surface area contributed by atoms with Crippen molar-refractivity contribution in [3.8, 4) is 5.69 Å². The van der Waals surface area contributed by atoms with Gasteiger partial charge in [-0.05, 0) is 93.0 Å². The second-order valence-electron chi connectivity index (χ2n) is 9.59. The number of nitrogens with zero attached hydrogens (tertiary/aromatic N) is 1. The van der Waals surface area contributed by atoms with E-state index >= 15 is 0 Å². The summed E-state index contributed by atoms with van der Waals surface area (Å²) in [6.07, 6.45) is 2.73. The minimum absolute atomic E-state index is 0.0426. The van der Waals surface area contributed by atoms with Crippen molar-refractivity contribution in [2.45, 2.75) is 51.4 Å². The molecular formula is C26H27F2NO3. The van der Waals surface area contributed by atoms with Crippen molar-refractivity contribution in [1.82, 2.24) is 4.57 Å². The summed E-state index contributed by atoms with van der Waals surface area (Å²) >= 11 is 0. The van der Waals surface area contributed by atoms with Gasteiger partial charge in [-0.3, -0.25) is 4.79 Å². The Balaban J connectivity index is 1.76. The number of aliphatic carboxylic acids is 1. The van der Waals surface area contributed by atoms with Crippen molar-refractivity contribution in [1.29, 1.82) is 0 Å². The van der Waals surface area contributed by atoms with Crippen LogP contribution in [-0.2, 0) is 9.53 Å². The van der Waals surface area contributed by atoms with Crippen molar-refractivity contribution in [2.24, 2.45) is 5.41 Å². The molecule has 0 spiro atoms. The molecule has 0 atom stereocenters. The van der Waals surface area contributed by atoms with Gasteiger partial charge in [0, 0.05) is 35.9 Å². The highest BCUT2D eigenvalue weighted by Crippen LogP contribution is 2.55. The first-order valence-electron chi connectivity index (χ1n) is 11.2. The van der Waals surface area contributed by atoms with Crippen LogP contribution in [-0.4, -0.2) is 28.9 Å². The molecule has 2 aromatic carbocycles. The van der Waals surface area contributed by atoms with Crippen LogP contribution >= 0.6 is 0 Å². The Labute approximate surface area is 185 Å². The van der Waals surface area contributed by atoms with Gasteiger partial charge in [-0.15, -0.1) is 0 Å². The van der Waals surface area contributed by atoms with Crippen LogP contribution in [0.25, 0.3) is 16.6 Å². The molecule has 6 heteroatoms. The van der Waals surface area contributed by atoms with Gasteiger partial charge in [-0.2, -0.15) is 0 Å². The van der Waals surface area contributed by atoms with Crippen LogP contribution in [0.15, 0.2) is 36.4 Å². The van der Waals surface area contributed by atoms with E-state index in [1.54, 1.807) is 32.0 Å². The lowest BCUT2D eigenvalue weighted by atomic mass is 9.60. The first kappa shape index (κ1) is 21.1. The number of benzene rings is 2. The van der Waals surface area contributed by atoms with Crippen LogP contribution in [0.4, 0.5) is 8.78 Å². The van der Waals surface area contributed by atoms with Crippen molar-refractivity contribution < 1.29 is 23.4 Å². The highest BCUT2D eigenvalue weighted by Gasteiger charge is 2.49. The minimum Gasteiger partial charge on any atom is -0.481 e. The van der Waals surface area contributed by atoms with Crippen molar-refractivity contribution in [3.63, 3.8) is 0 Å². The topological polar surface area (TPSA) is 51.5 Å². The Hall–Kier alpha value is -2.73. The average Bonchev–Trinajstić information content (AvgIpc) is 3.07. The third-order valence-corrected chi connectivity index (χ3v) is 7.33. The zero-order valence-electron chi connectivity index (χ0n) is 18.3. The van der Waals surface area contributed by atoms with Crippen LogP contribution in [0.5, 0.6) is 0 Å². The van der Waals surface area contributed by atoms with Crippen LogP contribution in [0.1, 0.15) is 61.3 Å². The molecule has 3 aromatic rings. The molecule has 2 fully saturated rings. The monoisotopic (exact) mass is 439 g/mol. The Morgan fingerprint density at radius 2 is 1.81 bits per heavy atom. The van der Waals surface area contributed by atoms with E-state index in [0.717, 1.165) is 40.7 Å². The van der Waals surface area contributed by atoms with Crippen molar-refractivity contribution >= 4 is 16.9 Å². The van der Waals surface area contributed by atoms with Crippen LogP contribution in [0.3, 0.4) is 0 Å². The van der Waals surface area contributed by atoms with E-state index in [1.165, 1.54) is 12.1 Å². The molecule has 1 aliphatic heterocycles. The van der Waals surface area contributed by atoms with E-state index in [2.05, 4.69) is 4.57 Å². The predicted molar refractivity (Wildman–Crippen MR) is 118 cm³/mol. The van der Waals surface area contributed by atoms with E-state index in [0.29, 0.717) is 31.6 Å². The predicted octanol–water partition coefficient (Wildman–Crippen LogP) is 6.08. The smallest absolute Gasteiger partial charge is 0.309 e. The third kappa shape index (κ3) is 3.32. The zero-order valence-corrected chi connectivity index (χ0v) is 18.3. The molecule has 1 aromatic heterocycles. The van der Waals surface area contributed by atoms with Gasteiger partial charge >= 0.3 is 5.97 Å². The fourth-order valence-corrected chi connectivity index (χ4v) is 5.56. The van der Waals surface area contributed by atoms with Gasteiger partial charge in [0.05, 0.1) is 10.9 Å². The molecule has 168 valence electrons. The van der Waals surface area contributed by atoms with Gasteiger partial charge < -0.3 is 14.4 Å². The number of rotatable bonds is 4. The first-order valence-corrected chi connectivity index (χ1v) is 11.2. The average molecular weight is 440 g/mol. The van der Waals surface area contributed by atoms with Crippen LogP contribution in [0.2, 0.25) is 0 Å². The highest BCUT2D eigenvalue weighted by molar-refractivity contribution is 5.89. The van der Waals surface area contributed by atoms with Gasteiger partial charge in [0.15, 0.2) is 0 Å². The Bertz CT molecular complexity index is 1200. The molecule has 32 heavy (non-hydrogen) atoms. The molecule has 4 nitrogen and oxygen atoms in total. The van der Waals surface area contributed by atoms with Crippen LogP contribution in [0, 0.1) is 24.0 Å². The molecule has 0 bridgehead atoms. The van der Waals surface area contributed by atoms with E-state index in [1.807, 2.05) is 6.07 Å². The van der Waals surface area contributed by atoms with E-state index in [-0.39, 0.29) is 23.5 Å². The number of halogens is 2. The number of ether oxygens (including phenoxy) is 1. The normalized spacial score (nSPS) is 23.9. The molecule has 1 saturated heterocycles. The van der Waals surface area contributed by atoms with E-state index in [4.69, 9.17) is 4.74 Å². The lowest BCUT2D eigenvalue weighted by Crippen LogP contribution is -2.40. The molecule has 2 heterocycles. The number of carboxylic acids is 1. The second kappa shape index (κ2) is 7.69. The lowest BCUT2D eigenvalue weighted by molar-refractivity contribution is -0.154. The van der Waals surface area contributed by atoms with Gasteiger partial charge in [-0.25, -0.2) is 8.78 Å². The van der Waals surface area contributed by atoms with Crippen molar-refractivity contribution in [3.05, 3.63) is 64.9 Å². The summed E-state index contributed by atoms with van der Waals surface area (Å²) in [5.74, 6) is -1.12. The zero-order chi connectivity index (χ0) is 22.6. The van der Waals surface area contributed by atoms with Gasteiger partial charge in [-0.1, -0.05) is 0 Å². The van der Waals surface area contributed by atoms with Crippen LogP contribution < -0.4 is 0 Å². The summed E-state index contributed by atoms with van der Waals surface area (Å²) < 4.78 is 36.2. The molecule has 5 rings (SSSR count). The lowest BCUT2D eigenvalue weighted by Gasteiger charge is -2.43. The fourth-order valence-electron chi connectivity index (χ4n) is 5.56. The molecule has 0 amide bonds. The summed E-state index contributed by atoms with van der Waals surface area (Å²) in [6, 6.07) is 9.86. The molecule has 1 N–H and O–H groups in total. The maximum Gasteiger partial charge on any atom is 0.309 e. The Morgan fingerprint density at radius 1 is 1.09 bits per heavy atom. The Kier molecular flexibility index (Phi) is 5.08. The van der Waals surface area contributed by atoms with Gasteiger partial charge in [0.25, 0.3) is 0 Å². The second-order valence-corrected chi connectivity index (χ2v) is 9.59. The molecule has 1 saturated carbocycles. The van der Waals surface area contributed by atoms with Gasteiger partial charge in [0.1, 0.15) is 11.6 Å². The van der Waals surface area contributed by atoms with E-state index in [9.17, 15) is 18.7 Å². The highest BCUT2D eigenvalue weighted by atomic mass is 19.1. The quantitative estimate of drug-likeness (QED) is 0.536. The molecular weight excluding hydrogens is 412 g/mol.